The van der Waals surface area contributed by atoms with Crippen LogP contribution in [-0.4, -0.2) is 32.0 Å². The molecule has 2 aromatic heterocycles. The number of aromatic nitrogens is 4. The van der Waals surface area contributed by atoms with Crippen LogP contribution in [0, 0.1) is 0 Å². The monoisotopic (exact) mass is 305 g/mol. The highest BCUT2D eigenvalue weighted by molar-refractivity contribution is 6.32. The van der Waals surface area contributed by atoms with Crippen LogP contribution in [0.4, 0.5) is 5.95 Å². The van der Waals surface area contributed by atoms with Crippen LogP contribution in [0.3, 0.4) is 0 Å². The Labute approximate surface area is 124 Å². The molecule has 0 atom stereocenters. The van der Waals surface area contributed by atoms with E-state index in [-0.39, 0.29) is 22.5 Å². The molecule has 0 radical (unpaired) electrons. The normalized spacial score (nSPS) is 11.0. The summed E-state index contributed by atoms with van der Waals surface area (Å²) < 4.78 is 6.71. The average molecular weight is 306 g/mol. The lowest BCUT2D eigenvalue weighted by Crippen LogP contribution is -1.97. The lowest BCUT2D eigenvalue weighted by atomic mass is 10.1. The molecule has 0 aliphatic heterocycles. The summed E-state index contributed by atoms with van der Waals surface area (Å²) in [5.41, 5.74) is 7.53. The van der Waals surface area contributed by atoms with Crippen molar-refractivity contribution in [1.82, 2.24) is 19.7 Å². The zero-order valence-corrected chi connectivity index (χ0v) is 12.1. The van der Waals surface area contributed by atoms with E-state index in [0.717, 1.165) is 5.39 Å². The Bertz CT molecular complexity index is 846. The fourth-order valence-corrected chi connectivity index (χ4v) is 2.34. The molecule has 3 aromatic rings. The van der Waals surface area contributed by atoms with Crippen LogP contribution >= 0.6 is 11.6 Å². The smallest absolute Gasteiger partial charge is 0.222 e. The molecule has 0 unspecified atom stereocenters. The number of rotatable bonds is 2. The number of methoxy groups -OCH3 is 1. The summed E-state index contributed by atoms with van der Waals surface area (Å²) in [4.78, 5) is 8.15. The Morgan fingerprint density at radius 2 is 2.14 bits per heavy atom. The molecule has 0 amide bonds. The molecule has 108 valence electrons. The van der Waals surface area contributed by atoms with Crippen molar-refractivity contribution in [3.63, 3.8) is 0 Å². The van der Waals surface area contributed by atoms with Crippen LogP contribution in [0.1, 0.15) is 0 Å². The standard InChI is InChI=1S/C13H12ClN5O2/c1-19-12-7(5-16-13(15)17-12)10(18-19)6-3-8(14)11(20)9(4-6)21-2/h3-5,20H,1-2H3,(H2,15,16,17). The molecule has 3 rings (SSSR count). The van der Waals surface area contributed by atoms with E-state index in [0.29, 0.717) is 16.9 Å². The number of nitrogens with two attached hydrogens (primary N) is 1. The lowest BCUT2D eigenvalue weighted by Gasteiger charge is -2.07. The summed E-state index contributed by atoms with van der Waals surface area (Å²) >= 11 is 6.02. The van der Waals surface area contributed by atoms with Gasteiger partial charge in [-0.25, -0.2) is 9.67 Å². The number of anilines is 1. The van der Waals surface area contributed by atoms with E-state index in [1.807, 2.05) is 0 Å². The van der Waals surface area contributed by atoms with Crippen molar-refractivity contribution in [2.75, 3.05) is 12.8 Å². The van der Waals surface area contributed by atoms with Gasteiger partial charge in [0, 0.05) is 18.8 Å². The van der Waals surface area contributed by atoms with Crippen LogP contribution < -0.4 is 10.5 Å². The van der Waals surface area contributed by atoms with E-state index in [1.54, 1.807) is 30.1 Å². The van der Waals surface area contributed by atoms with E-state index >= 15 is 0 Å². The van der Waals surface area contributed by atoms with Crippen molar-refractivity contribution in [3.05, 3.63) is 23.4 Å². The van der Waals surface area contributed by atoms with E-state index < -0.39 is 0 Å². The third kappa shape index (κ3) is 2.11. The first-order valence-electron chi connectivity index (χ1n) is 6.03. The van der Waals surface area contributed by atoms with Gasteiger partial charge in [-0.1, -0.05) is 11.6 Å². The highest BCUT2D eigenvalue weighted by atomic mass is 35.5. The molecule has 1 aromatic carbocycles. The number of phenols is 1. The van der Waals surface area contributed by atoms with E-state index in [9.17, 15) is 5.11 Å². The van der Waals surface area contributed by atoms with Crippen molar-refractivity contribution in [1.29, 1.82) is 0 Å². The minimum atomic E-state index is -0.108. The first-order valence-corrected chi connectivity index (χ1v) is 6.41. The number of hydrogen-bond acceptors (Lipinski definition) is 6. The Balaban J connectivity index is 2.28. The van der Waals surface area contributed by atoms with Crippen molar-refractivity contribution >= 4 is 28.6 Å². The number of phenolic OH excluding ortho intramolecular Hbond substituents is 1. The van der Waals surface area contributed by atoms with Crippen LogP contribution in [0.5, 0.6) is 11.5 Å². The van der Waals surface area contributed by atoms with Gasteiger partial charge in [-0.2, -0.15) is 10.1 Å². The quantitative estimate of drug-likeness (QED) is 0.751. The van der Waals surface area contributed by atoms with Gasteiger partial charge < -0.3 is 15.6 Å². The summed E-state index contributed by atoms with van der Waals surface area (Å²) in [5.74, 6) is 0.342. The number of halogens is 1. The maximum absolute atomic E-state index is 9.80. The fourth-order valence-electron chi connectivity index (χ4n) is 2.13. The number of aromatic hydroxyl groups is 1. The molecule has 0 fully saturated rings. The number of ether oxygens (including phenoxy) is 1. The Morgan fingerprint density at radius 3 is 2.86 bits per heavy atom. The second kappa shape index (κ2) is 4.78. The Hall–Kier alpha value is -2.54. The predicted molar refractivity (Wildman–Crippen MR) is 79.4 cm³/mol. The van der Waals surface area contributed by atoms with E-state index in [2.05, 4.69) is 15.1 Å². The molecular weight excluding hydrogens is 294 g/mol. The fraction of sp³-hybridized carbons (Fsp3) is 0.154. The highest BCUT2D eigenvalue weighted by Gasteiger charge is 2.16. The third-order valence-electron chi connectivity index (χ3n) is 3.12. The van der Waals surface area contributed by atoms with Gasteiger partial charge in [-0.05, 0) is 12.1 Å². The van der Waals surface area contributed by atoms with Gasteiger partial charge in [0.05, 0.1) is 17.5 Å². The van der Waals surface area contributed by atoms with Crippen LogP contribution in [0.25, 0.3) is 22.3 Å². The molecule has 0 bridgehead atoms. The zero-order chi connectivity index (χ0) is 15.1. The molecule has 7 nitrogen and oxygen atoms in total. The van der Waals surface area contributed by atoms with Crippen molar-refractivity contribution < 1.29 is 9.84 Å². The van der Waals surface area contributed by atoms with Crippen LogP contribution in [0.15, 0.2) is 18.3 Å². The number of fused-ring (bicyclic) bond motifs is 1. The second-order valence-electron chi connectivity index (χ2n) is 4.45. The number of nitrogen functional groups attached to an aromatic ring is 1. The number of nitrogens with zero attached hydrogens (tertiary/aromatic N) is 4. The van der Waals surface area contributed by atoms with E-state index in [4.69, 9.17) is 22.1 Å². The van der Waals surface area contributed by atoms with Gasteiger partial charge in [0.1, 0.15) is 5.69 Å². The number of hydrogen-bond donors (Lipinski definition) is 2. The second-order valence-corrected chi connectivity index (χ2v) is 4.85. The minimum absolute atomic E-state index is 0.108. The van der Waals surface area contributed by atoms with E-state index in [1.165, 1.54) is 7.11 Å². The summed E-state index contributed by atoms with van der Waals surface area (Å²) in [6.45, 7) is 0. The molecule has 0 saturated carbocycles. The number of benzene rings is 1. The molecule has 0 spiro atoms. The van der Waals surface area contributed by atoms with Crippen molar-refractivity contribution in [2.24, 2.45) is 7.05 Å². The molecule has 0 saturated heterocycles. The first-order chi connectivity index (χ1) is 10.0. The minimum Gasteiger partial charge on any atom is -0.503 e. The summed E-state index contributed by atoms with van der Waals surface area (Å²) in [5, 5.41) is 15.1. The molecule has 8 heteroatoms. The number of aryl methyl sites for hydroxylation is 1. The van der Waals surface area contributed by atoms with Gasteiger partial charge in [0.15, 0.2) is 17.1 Å². The van der Waals surface area contributed by atoms with Gasteiger partial charge in [0.2, 0.25) is 5.95 Å². The van der Waals surface area contributed by atoms with Crippen molar-refractivity contribution in [2.45, 2.75) is 0 Å². The Morgan fingerprint density at radius 1 is 1.38 bits per heavy atom. The summed E-state index contributed by atoms with van der Waals surface area (Å²) in [6, 6.07) is 3.26. The first kappa shape index (κ1) is 13.4. The predicted octanol–water partition coefficient (Wildman–Crippen LogP) is 1.98. The zero-order valence-electron chi connectivity index (χ0n) is 11.3. The molecule has 0 aliphatic rings. The largest absolute Gasteiger partial charge is 0.503 e. The highest BCUT2D eigenvalue weighted by Crippen LogP contribution is 2.39. The van der Waals surface area contributed by atoms with Crippen LogP contribution in [0.2, 0.25) is 5.02 Å². The Kier molecular flexibility index (Phi) is 3.06. The maximum atomic E-state index is 9.80. The van der Waals surface area contributed by atoms with Gasteiger partial charge in [-0.3, -0.25) is 0 Å². The van der Waals surface area contributed by atoms with Gasteiger partial charge in [0.25, 0.3) is 0 Å². The maximum Gasteiger partial charge on any atom is 0.222 e. The van der Waals surface area contributed by atoms with Crippen LogP contribution in [-0.2, 0) is 7.05 Å². The molecular formula is C13H12ClN5O2. The van der Waals surface area contributed by atoms with Gasteiger partial charge >= 0.3 is 0 Å². The third-order valence-corrected chi connectivity index (χ3v) is 3.41. The van der Waals surface area contributed by atoms with Gasteiger partial charge in [-0.15, -0.1) is 0 Å². The average Bonchev–Trinajstić information content (AvgIpc) is 2.78. The lowest BCUT2D eigenvalue weighted by molar-refractivity contribution is 0.374. The molecule has 2 heterocycles. The summed E-state index contributed by atoms with van der Waals surface area (Å²) in [7, 11) is 3.22. The topological polar surface area (TPSA) is 99.1 Å². The SMILES string of the molecule is COc1cc(-c2nn(C)c3nc(N)ncc23)cc(Cl)c1O. The summed E-state index contributed by atoms with van der Waals surface area (Å²) in [6.07, 6.45) is 1.60. The molecule has 0 aliphatic carbocycles. The van der Waals surface area contributed by atoms with Crippen molar-refractivity contribution in [3.8, 4) is 22.8 Å². The molecule has 3 N–H and O–H groups in total. The molecule has 21 heavy (non-hydrogen) atoms.